The lowest BCUT2D eigenvalue weighted by Crippen LogP contribution is -2.32. The van der Waals surface area contributed by atoms with E-state index in [0.29, 0.717) is 41.1 Å². The van der Waals surface area contributed by atoms with Crippen molar-refractivity contribution in [3.8, 4) is 0 Å². The number of carbonyl (C=O) groups excluding carboxylic acids is 1. The Morgan fingerprint density at radius 3 is 3.00 bits per heavy atom. The Hall–Kier alpha value is -1.73. The number of aromatic amines is 2. The normalized spacial score (nSPS) is 24.7. The van der Waals surface area contributed by atoms with Gasteiger partial charge in [-0.1, -0.05) is 0 Å². The molecule has 2 aliphatic rings. The van der Waals surface area contributed by atoms with Gasteiger partial charge in [0.25, 0.3) is 5.91 Å². The number of benzene rings is 1. The molecular weight excluding hydrogens is 305 g/mol. The molecule has 0 radical (unpaired) electrons. The Kier molecular flexibility index (Phi) is 3.09. The van der Waals surface area contributed by atoms with E-state index in [4.69, 9.17) is 17.0 Å². The van der Waals surface area contributed by atoms with Gasteiger partial charge in [0.05, 0.1) is 23.2 Å². The zero-order valence-electron chi connectivity index (χ0n) is 11.9. The van der Waals surface area contributed by atoms with Crippen molar-refractivity contribution in [1.82, 2.24) is 14.9 Å². The first-order chi connectivity index (χ1) is 10.6. The van der Waals surface area contributed by atoms with Crippen LogP contribution in [0.4, 0.5) is 4.39 Å². The summed E-state index contributed by atoms with van der Waals surface area (Å²) in [6.07, 6.45) is 1.93. The van der Waals surface area contributed by atoms with E-state index in [9.17, 15) is 9.18 Å². The maximum Gasteiger partial charge on any atom is 0.256 e. The van der Waals surface area contributed by atoms with Crippen molar-refractivity contribution >= 4 is 29.2 Å². The zero-order valence-corrected chi connectivity index (χ0v) is 12.8. The van der Waals surface area contributed by atoms with E-state index in [1.54, 1.807) is 4.90 Å². The molecule has 5 nitrogen and oxygen atoms in total. The van der Waals surface area contributed by atoms with Crippen molar-refractivity contribution in [2.24, 2.45) is 5.41 Å². The Labute approximate surface area is 131 Å². The lowest BCUT2D eigenvalue weighted by Gasteiger charge is -2.22. The second kappa shape index (κ2) is 4.89. The molecule has 0 bridgehead atoms. The molecule has 3 heterocycles. The number of carbonyl (C=O) groups is 1. The Balaban J connectivity index is 1.70. The third-order valence-electron chi connectivity index (χ3n) is 4.73. The van der Waals surface area contributed by atoms with Crippen LogP contribution in [0.2, 0.25) is 0 Å². The minimum Gasteiger partial charge on any atom is -0.381 e. The van der Waals surface area contributed by atoms with Crippen LogP contribution in [-0.2, 0) is 4.74 Å². The highest BCUT2D eigenvalue weighted by molar-refractivity contribution is 7.71. The quantitative estimate of drug-likeness (QED) is 0.794. The van der Waals surface area contributed by atoms with Gasteiger partial charge >= 0.3 is 0 Å². The van der Waals surface area contributed by atoms with Gasteiger partial charge in [0, 0.05) is 25.1 Å². The summed E-state index contributed by atoms with van der Waals surface area (Å²) in [5, 5.41) is 0. The van der Waals surface area contributed by atoms with Crippen LogP contribution in [0.25, 0.3) is 11.0 Å². The number of imidazole rings is 1. The van der Waals surface area contributed by atoms with Gasteiger partial charge in [0.2, 0.25) is 0 Å². The molecule has 116 valence electrons. The molecule has 1 atom stereocenters. The molecule has 0 unspecified atom stereocenters. The van der Waals surface area contributed by atoms with E-state index in [1.807, 2.05) is 0 Å². The third-order valence-corrected chi connectivity index (χ3v) is 4.93. The van der Waals surface area contributed by atoms with Crippen LogP contribution in [0.1, 0.15) is 23.2 Å². The fraction of sp³-hybridized carbons (Fsp3) is 0.467. The van der Waals surface area contributed by atoms with Crippen LogP contribution in [0.3, 0.4) is 0 Å². The van der Waals surface area contributed by atoms with Crippen molar-refractivity contribution in [3.05, 3.63) is 28.3 Å². The van der Waals surface area contributed by atoms with E-state index >= 15 is 0 Å². The number of nitrogens with zero attached hydrogens (tertiary/aromatic N) is 1. The topological polar surface area (TPSA) is 61.1 Å². The summed E-state index contributed by atoms with van der Waals surface area (Å²) < 4.78 is 19.7. The molecule has 2 aliphatic heterocycles. The summed E-state index contributed by atoms with van der Waals surface area (Å²) in [5.74, 6) is -0.599. The van der Waals surface area contributed by atoms with Crippen LogP contribution in [-0.4, -0.2) is 47.1 Å². The molecule has 1 spiro atoms. The van der Waals surface area contributed by atoms with Gasteiger partial charge in [0.1, 0.15) is 5.82 Å². The van der Waals surface area contributed by atoms with Gasteiger partial charge in [-0.2, -0.15) is 0 Å². The van der Waals surface area contributed by atoms with Crippen LogP contribution < -0.4 is 0 Å². The van der Waals surface area contributed by atoms with Gasteiger partial charge in [-0.05, 0) is 37.2 Å². The molecular formula is C15H16FN3O2S. The first-order valence-corrected chi connectivity index (χ1v) is 7.76. The second-order valence-electron chi connectivity index (χ2n) is 6.23. The highest BCUT2D eigenvalue weighted by Crippen LogP contribution is 2.38. The molecule has 7 heteroatoms. The van der Waals surface area contributed by atoms with Crippen LogP contribution in [0.15, 0.2) is 12.1 Å². The molecule has 2 aromatic rings. The van der Waals surface area contributed by atoms with Crippen molar-refractivity contribution in [3.63, 3.8) is 0 Å². The zero-order chi connectivity index (χ0) is 15.3. The fourth-order valence-corrected chi connectivity index (χ4v) is 3.74. The van der Waals surface area contributed by atoms with E-state index in [1.165, 1.54) is 12.1 Å². The van der Waals surface area contributed by atoms with E-state index in [0.717, 1.165) is 19.4 Å². The molecule has 1 aromatic heterocycles. The number of likely N-dealkylation sites (tertiary alicyclic amines) is 1. The van der Waals surface area contributed by atoms with E-state index in [-0.39, 0.29) is 11.3 Å². The lowest BCUT2D eigenvalue weighted by atomic mass is 9.87. The molecule has 0 aliphatic carbocycles. The maximum absolute atomic E-state index is 13.8. The molecule has 2 N–H and O–H groups in total. The summed E-state index contributed by atoms with van der Waals surface area (Å²) in [6, 6.07) is 2.62. The number of halogens is 1. The molecule has 1 amide bonds. The summed E-state index contributed by atoms with van der Waals surface area (Å²) in [4.78, 5) is 20.4. The van der Waals surface area contributed by atoms with Gasteiger partial charge in [-0.3, -0.25) is 4.79 Å². The van der Waals surface area contributed by atoms with Gasteiger partial charge in [-0.25, -0.2) is 4.39 Å². The smallest absolute Gasteiger partial charge is 0.256 e. The first kappa shape index (κ1) is 13.9. The number of rotatable bonds is 1. The van der Waals surface area contributed by atoms with E-state index in [2.05, 4.69) is 9.97 Å². The highest BCUT2D eigenvalue weighted by Gasteiger charge is 2.43. The molecule has 0 saturated carbocycles. The predicted molar refractivity (Wildman–Crippen MR) is 81.8 cm³/mol. The van der Waals surface area contributed by atoms with Crippen molar-refractivity contribution in [2.45, 2.75) is 12.8 Å². The molecule has 22 heavy (non-hydrogen) atoms. The number of ether oxygens (including phenoxy) is 1. The average Bonchev–Trinajstić information content (AvgIpc) is 3.18. The van der Waals surface area contributed by atoms with Crippen molar-refractivity contribution in [1.29, 1.82) is 0 Å². The van der Waals surface area contributed by atoms with Gasteiger partial charge in [0.15, 0.2) is 4.77 Å². The fourth-order valence-electron chi connectivity index (χ4n) is 3.53. The minimum atomic E-state index is -0.445. The highest BCUT2D eigenvalue weighted by atomic mass is 32.1. The summed E-state index contributed by atoms with van der Waals surface area (Å²) in [7, 11) is 0. The second-order valence-corrected chi connectivity index (χ2v) is 6.64. The Morgan fingerprint density at radius 1 is 1.36 bits per heavy atom. The number of hydrogen-bond donors (Lipinski definition) is 2. The minimum absolute atomic E-state index is 0.0904. The molecule has 4 rings (SSSR count). The van der Waals surface area contributed by atoms with Crippen molar-refractivity contribution in [2.75, 3.05) is 26.3 Å². The SMILES string of the molecule is O=C(c1cc(F)cc2[nH]c(=S)[nH]c12)N1CC[C@]2(CCOC2)C1. The standard InChI is InChI=1S/C15H16FN3O2S/c16-9-5-10(12-11(6-9)17-14(22)18-12)13(20)19-3-1-15(7-19)2-4-21-8-15/h5-6H,1-4,7-8H2,(H2,17,18,22)/t15-/m0/s1. The molecule has 1 aromatic carbocycles. The number of hydrogen-bond acceptors (Lipinski definition) is 3. The number of nitrogens with one attached hydrogen (secondary N) is 2. The molecule has 2 fully saturated rings. The predicted octanol–water partition coefficient (Wildman–Crippen LogP) is 2.62. The Morgan fingerprint density at radius 2 is 2.23 bits per heavy atom. The first-order valence-electron chi connectivity index (χ1n) is 7.35. The lowest BCUT2D eigenvalue weighted by molar-refractivity contribution is 0.0767. The number of fused-ring (bicyclic) bond motifs is 1. The summed E-state index contributed by atoms with van der Waals surface area (Å²) in [5.41, 5.74) is 1.51. The van der Waals surface area contributed by atoms with Crippen LogP contribution in [0.5, 0.6) is 0 Å². The largest absolute Gasteiger partial charge is 0.381 e. The van der Waals surface area contributed by atoms with Crippen LogP contribution in [0, 0.1) is 16.0 Å². The van der Waals surface area contributed by atoms with Gasteiger partial charge < -0.3 is 19.6 Å². The van der Waals surface area contributed by atoms with Crippen molar-refractivity contribution < 1.29 is 13.9 Å². The van der Waals surface area contributed by atoms with E-state index < -0.39 is 5.82 Å². The number of amides is 1. The maximum atomic E-state index is 13.8. The Bertz CT molecular complexity index is 807. The summed E-state index contributed by atoms with van der Waals surface area (Å²) in [6.45, 7) is 2.83. The third kappa shape index (κ3) is 2.16. The summed E-state index contributed by atoms with van der Waals surface area (Å²) >= 11 is 5.04. The number of H-pyrrole nitrogens is 2. The monoisotopic (exact) mass is 321 g/mol. The van der Waals surface area contributed by atoms with Gasteiger partial charge in [-0.15, -0.1) is 0 Å². The average molecular weight is 321 g/mol. The van der Waals surface area contributed by atoms with Crippen LogP contribution >= 0.6 is 12.2 Å². The molecule has 2 saturated heterocycles. The number of aromatic nitrogens is 2.